The first-order valence-corrected chi connectivity index (χ1v) is 4.99. The number of benzene rings is 1. The van der Waals surface area contributed by atoms with Gasteiger partial charge in [-0.2, -0.15) is 0 Å². The van der Waals surface area contributed by atoms with Crippen molar-refractivity contribution in [3.8, 4) is 0 Å². The Morgan fingerprint density at radius 2 is 2.07 bits per heavy atom. The van der Waals surface area contributed by atoms with Crippen LogP contribution in [0.25, 0.3) is 5.57 Å². The molecule has 0 radical (unpaired) electrons. The predicted octanol–water partition coefficient (Wildman–Crippen LogP) is 2.82. The van der Waals surface area contributed by atoms with Crippen molar-refractivity contribution < 1.29 is 0 Å². The van der Waals surface area contributed by atoms with Crippen LogP contribution in [0.1, 0.15) is 18.1 Å². The fourth-order valence-electron chi connectivity index (χ4n) is 1.35. The Labute approximate surface area is 87.1 Å². The maximum atomic E-state index is 3.95. The third kappa shape index (κ3) is 3.35. The van der Waals surface area contributed by atoms with Crippen LogP contribution in [0, 0.1) is 0 Å². The Morgan fingerprint density at radius 3 is 2.64 bits per heavy atom. The van der Waals surface area contributed by atoms with E-state index in [-0.39, 0.29) is 0 Å². The van der Waals surface area contributed by atoms with Gasteiger partial charge in [-0.25, -0.2) is 0 Å². The summed E-state index contributed by atoms with van der Waals surface area (Å²) in [5.74, 6) is 0. The molecule has 0 N–H and O–H groups in total. The van der Waals surface area contributed by atoms with E-state index in [0.717, 1.165) is 18.5 Å². The van der Waals surface area contributed by atoms with E-state index in [1.807, 2.05) is 6.92 Å². The lowest BCUT2D eigenvalue weighted by Gasteiger charge is -2.10. The van der Waals surface area contributed by atoms with Gasteiger partial charge in [0.25, 0.3) is 0 Å². The van der Waals surface area contributed by atoms with Gasteiger partial charge >= 0.3 is 0 Å². The van der Waals surface area contributed by atoms with Gasteiger partial charge in [0.1, 0.15) is 0 Å². The largest absolute Gasteiger partial charge is 0.309 e. The summed E-state index contributed by atoms with van der Waals surface area (Å²) in [7, 11) is 4.20. The summed E-state index contributed by atoms with van der Waals surface area (Å²) in [5.41, 5.74) is 3.78. The van der Waals surface area contributed by atoms with E-state index < -0.39 is 0 Å². The normalized spacial score (nSPS) is 10.6. The zero-order chi connectivity index (χ0) is 10.6. The van der Waals surface area contributed by atoms with Crippen LogP contribution in [0.2, 0.25) is 0 Å². The van der Waals surface area contributed by atoms with Gasteiger partial charge in [-0.1, -0.05) is 36.4 Å². The molecule has 0 amide bonds. The first kappa shape index (κ1) is 11.0. The second kappa shape index (κ2) is 4.97. The van der Waals surface area contributed by atoms with Gasteiger partial charge in [-0.15, -0.1) is 0 Å². The summed E-state index contributed by atoms with van der Waals surface area (Å²) in [4.78, 5) is 2.20. The molecule has 1 aromatic rings. The molecule has 0 atom stereocenters. The minimum atomic E-state index is 1.10. The summed E-state index contributed by atoms with van der Waals surface area (Å²) < 4.78 is 0. The quantitative estimate of drug-likeness (QED) is 0.704. The number of rotatable bonds is 4. The van der Waals surface area contributed by atoms with Gasteiger partial charge in [0.05, 0.1) is 0 Å². The van der Waals surface area contributed by atoms with Crippen LogP contribution >= 0.6 is 0 Å². The molecule has 76 valence electrons. The van der Waals surface area contributed by atoms with Gasteiger partial charge in [0, 0.05) is 6.54 Å². The van der Waals surface area contributed by atoms with Crippen molar-refractivity contribution in [2.24, 2.45) is 0 Å². The Balaban J connectivity index is 2.69. The van der Waals surface area contributed by atoms with Crippen molar-refractivity contribution in [1.29, 1.82) is 0 Å². The second-order valence-electron chi connectivity index (χ2n) is 4.03. The van der Waals surface area contributed by atoms with E-state index in [1.165, 1.54) is 11.1 Å². The molecule has 14 heavy (non-hydrogen) atoms. The maximum absolute atomic E-state index is 3.95. The van der Waals surface area contributed by atoms with Crippen molar-refractivity contribution in [1.82, 2.24) is 4.90 Å². The summed E-state index contributed by atoms with van der Waals surface area (Å²) >= 11 is 0. The third-order valence-electron chi connectivity index (χ3n) is 2.27. The number of hydrogen-bond donors (Lipinski definition) is 0. The molecule has 1 heteroatoms. The Kier molecular flexibility index (Phi) is 3.90. The molecule has 0 bridgehead atoms. The molecule has 0 saturated carbocycles. The fraction of sp³-hybridized carbons (Fsp3) is 0.385. The lowest BCUT2D eigenvalue weighted by atomic mass is 10.0. The van der Waals surface area contributed by atoms with Crippen LogP contribution in [-0.4, -0.2) is 25.5 Å². The van der Waals surface area contributed by atoms with Crippen molar-refractivity contribution >= 4 is 5.57 Å². The molecule has 0 spiro atoms. The van der Waals surface area contributed by atoms with E-state index in [0.29, 0.717) is 0 Å². The molecule has 1 aromatic carbocycles. The summed E-state index contributed by atoms with van der Waals surface area (Å²) in [6.07, 6.45) is 1.11. The smallest absolute Gasteiger partial charge is 0.00157 e. The average molecular weight is 189 g/mol. The zero-order valence-electron chi connectivity index (χ0n) is 9.38. The predicted molar refractivity (Wildman–Crippen MR) is 63.4 cm³/mol. The van der Waals surface area contributed by atoms with Crippen LogP contribution in [0.15, 0.2) is 30.8 Å². The van der Waals surface area contributed by atoms with E-state index in [1.54, 1.807) is 0 Å². The molecule has 0 aliphatic carbocycles. The molecular formula is C13H19N. The molecule has 0 saturated heterocycles. The minimum absolute atomic E-state index is 1.10. The maximum Gasteiger partial charge on any atom is 0.00157 e. The van der Waals surface area contributed by atoms with E-state index in [4.69, 9.17) is 0 Å². The highest BCUT2D eigenvalue weighted by Gasteiger charge is 1.97. The molecule has 0 aliphatic rings. The molecule has 0 unspecified atom stereocenters. The molecule has 1 nitrogen and oxygen atoms in total. The zero-order valence-corrected chi connectivity index (χ0v) is 9.38. The highest BCUT2D eigenvalue weighted by Crippen LogP contribution is 2.13. The number of allylic oxidation sites excluding steroid dienone is 1. The lowest BCUT2D eigenvalue weighted by molar-refractivity contribution is 0.413. The van der Waals surface area contributed by atoms with Crippen molar-refractivity contribution in [2.75, 3.05) is 20.6 Å². The lowest BCUT2D eigenvalue weighted by Crippen LogP contribution is -2.15. The molecule has 0 aliphatic heterocycles. The summed E-state index contributed by atoms with van der Waals surface area (Å²) in [5, 5.41) is 0. The van der Waals surface area contributed by atoms with E-state index >= 15 is 0 Å². The fourth-order valence-corrected chi connectivity index (χ4v) is 1.35. The Morgan fingerprint density at radius 1 is 1.36 bits per heavy atom. The van der Waals surface area contributed by atoms with Crippen LogP contribution in [0.4, 0.5) is 0 Å². The first-order valence-electron chi connectivity index (χ1n) is 4.99. The summed E-state index contributed by atoms with van der Waals surface area (Å²) in [6, 6.07) is 8.62. The highest BCUT2D eigenvalue weighted by atomic mass is 15.0. The van der Waals surface area contributed by atoms with Crippen molar-refractivity contribution in [3.63, 3.8) is 0 Å². The number of likely N-dealkylation sites (N-methyl/N-ethyl adjacent to an activating group) is 1. The topological polar surface area (TPSA) is 3.24 Å². The molecule has 1 rings (SSSR count). The van der Waals surface area contributed by atoms with E-state index in [9.17, 15) is 0 Å². The minimum Gasteiger partial charge on any atom is -0.309 e. The SMILES string of the molecule is C=C(C)c1cccc(CCN(C)C)c1. The number of nitrogens with zero attached hydrogens (tertiary/aromatic N) is 1. The second-order valence-corrected chi connectivity index (χ2v) is 4.03. The monoisotopic (exact) mass is 189 g/mol. The molecular weight excluding hydrogens is 170 g/mol. The summed E-state index contributed by atoms with van der Waals surface area (Å²) in [6.45, 7) is 7.09. The van der Waals surface area contributed by atoms with Crippen LogP contribution in [0.3, 0.4) is 0 Å². The van der Waals surface area contributed by atoms with Crippen molar-refractivity contribution in [2.45, 2.75) is 13.3 Å². The van der Waals surface area contributed by atoms with E-state index in [2.05, 4.69) is 49.8 Å². The number of hydrogen-bond acceptors (Lipinski definition) is 1. The van der Waals surface area contributed by atoms with Gasteiger partial charge in [-0.05, 0) is 38.6 Å². The van der Waals surface area contributed by atoms with Gasteiger partial charge in [0.15, 0.2) is 0 Å². The van der Waals surface area contributed by atoms with Crippen LogP contribution in [0.5, 0.6) is 0 Å². The van der Waals surface area contributed by atoms with Crippen LogP contribution < -0.4 is 0 Å². The molecule has 0 heterocycles. The first-order chi connectivity index (χ1) is 6.59. The average Bonchev–Trinajstić information content (AvgIpc) is 2.15. The van der Waals surface area contributed by atoms with Gasteiger partial charge in [-0.3, -0.25) is 0 Å². The van der Waals surface area contributed by atoms with Crippen LogP contribution in [-0.2, 0) is 6.42 Å². The Bertz CT molecular complexity index is 313. The third-order valence-corrected chi connectivity index (χ3v) is 2.27. The Hall–Kier alpha value is -1.08. The van der Waals surface area contributed by atoms with Gasteiger partial charge < -0.3 is 4.90 Å². The van der Waals surface area contributed by atoms with Gasteiger partial charge in [0.2, 0.25) is 0 Å². The highest BCUT2D eigenvalue weighted by molar-refractivity contribution is 5.61. The molecule has 0 aromatic heterocycles. The molecule has 0 fully saturated rings. The van der Waals surface area contributed by atoms with Crippen molar-refractivity contribution in [3.05, 3.63) is 42.0 Å². The standard InChI is InChI=1S/C13H19N/c1-11(2)13-7-5-6-12(10-13)8-9-14(3)4/h5-7,10H,1,8-9H2,2-4H3.